The first kappa shape index (κ1) is 14.8. The molecular weight excluding hydrogens is 322 g/mol. The molecule has 106 valence electrons. The smallest absolute Gasteiger partial charge is 0.317 e. The van der Waals surface area contributed by atoms with Crippen molar-refractivity contribution in [1.82, 2.24) is 5.16 Å². The summed E-state index contributed by atoms with van der Waals surface area (Å²) in [6, 6.07) is 9.62. The number of carbonyl (C=O) groups excluding carboxylic acids is 1. The van der Waals surface area contributed by atoms with Crippen LogP contribution in [0.2, 0.25) is 0 Å². The number of benzene rings is 1. The summed E-state index contributed by atoms with van der Waals surface area (Å²) in [5.74, 6) is -0.201. The molecule has 20 heavy (non-hydrogen) atoms. The molecular formula is C15H16BrNO3. The number of nitrogens with zero attached hydrogens (tertiary/aromatic N) is 1. The topological polar surface area (TPSA) is 52.3 Å². The first-order valence-electron chi connectivity index (χ1n) is 6.44. The van der Waals surface area contributed by atoms with Crippen molar-refractivity contribution >= 4 is 21.9 Å². The second kappa shape index (κ2) is 6.70. The number of carbonyl (C=O) groups is 1. The number of aromatic nitrogens is 1. The maximum Gasteiger partial charge on any atom is 0.317 e. The van der Waals surface area contributed by atoms with Gasteiger partial charge in [-0.05, 0) is 38.0 Å². The number of aryl methyl sites for hydroxylation is 1. The van der Waals surface area contributed by atoms with Gasteiger partial charge in [-0.3, -0.25) is 4.79 Å². The van der Waals surface area contributed by atoms with Crippen molar-refractivity contribution < 1.29 is 14.1 Å². The summed E-state index contributed by atoms with van der Waals surface area (Å²) in [4.78, 5) is 12.1. The van der Waals surface area contributed by atoms with Crippen LogP contribution in [0.4, 0.5) is 0 Å². The van der Waals surface area contributed by atoms with E-state index < -0.39 is 5.92 Å². The van der Waals surface area contributed by atoms with Gasteiger partial charge in [0.05, 0.1) is 12.3 Å². The van der Waals surface area contributed by atoms with Crippen LogP contribution in [-0.4, -0.2) is 17.7 Å². The van der Waals surface area contributed by atoms with Crippen molar-refractivity contribution in [2.24, 2.45) is 0 Å². The molecule has 0 saturated heterocycles. The zero-order chi connectivity index (χ0) is 14.5. The van der Waals surface area contributed by atoms with Crippen LogP contribution >= 0.6 is 15.9 Å². The van der Waals surface area contributed by atoms with Crippen molar-refractivity contribution in [2.75, 3.05) is 6.61 Å². The Hall–Kier alpha value is -1.62. The van der Waals surface area contributed by atoms with E-state index >= 15 is 0 Å². The molecule has 0 radical (unpaired) electrons. The quantitative estimate of drug-likeness (QED) is 0.781. The Kier molecular flexibility index (Phi) is 4.95. The molecule has 0 N–H and O–H groups in total. The van der Waals surface area contributed by atoms with Crippen molar-refractivity contribution in [3.8, 4) is 0 Å². The molecule has 0 aliphatic heterocycles. The van der Waals surface area contributed by atoms with Gasteiger partial charge in [0.1, 0.15) is 5.92 Å². The average Bonchev–Trinajstić information content (AvgIpc) is 2.84. The lowest BCUT2D eigenvalue weighted by Crippen LogP contribution is -2.18. The van der Waals surface area contributed by atoms with Gasteiger partial charge in [0.15, 0.2) is 5.76 Å². The highest BCUT2D eigenvalue weighted by atomic mass is 79.9. The van der Waals surface area contributed by atoms with E-state index in [0.29, 0.717) is 18.8 Å². The van der Waals surface area contributed by atoms with Gasteiger partial charge in [-0.15, -0.1) is 0 Å². The van der Waals surface area contributed by atoms with Gasteiger partial charge in [-0.2, -0.15) is 0 Å². The fourth-order valence-electron chi connectivity index (χ4n) is 1.95. The highest BCUT2D eigenvalue weighted by Crippen LogP contribution is 2.24. The van der Waals surface area contributed by atoms with E-state index in [1.807, 2.05) is 31.2 Å². The molecule has 4 nitrogen and oxygen atoms in total. The van der Waals surface area contributed by atoms with Crippen LogP contribution < -0.4 is 0 Å². The van der Waals surface area contributed by atoms with Crippen LogP contribution in [0.5, 0.6) is 0 Å². The lowest BCUT2D eigenvalue weighted by molar-refractivity contribution is -0.145. The summed E-state index contributed by atoms with van der Waals surface area (Å²) >= 11 is 3.39. The molecule has 1 aromatic carbocycles. The van der Waals surface area contributed by atoms with E-state index in [-0.39, 0.29) is 5.97 Å². The lowest BCUT2D eigenvalue weighted by Gasteiger charge is -2.12. The molecule has 0 saturated carbocycles. The van der Waals surface area contributed by atoms with Gasteiger partial charge >= 0.3 is 5.97 Å². The van der Waals surface area contributed by atoms with Crippen LogP contribution in [0.15, 0.2) is 39.3 Å². The zero-order valence-electron chi connectivity index (χ0n) is 11.4. The van der Waals surface area contributed by atoms with E-state index in [2.05, 4.69) is 21.1 Å². The fourth-order valence-corrected chi connectivity index (χ4v) is 2.21. The van der Waals surface area contributed by atoms with Crippen LogP contribution in [0.1, 0.15) is 29.9 Å². The summed E-state index contributed by atoms with van der Waals surface area (Å²) in [6.07, 6.45) is 0.529. The molecule has 2 aromatic rings. The Morgan fingerprint density at radius 1 is 1.40 bits per heavy atom. The molecule has 0 bridgehead atoms. The van der Waals surface area contributed by atoms with Crippen LogP contribution in [0.3, 0.4) is 0 Å². The number of ether oxygens (including phenoxy) is 1. The normalized spacial score (nSPS) is 12.2. The van der Waals surface area contributed by atoms with E-state index in [1.54, 1.807) is 13.0 Å². The highest BCUT2D eigenvalue weighted by Gasteiger charge is 2.26. The minimum atomic E-state index is -0.461. The van der Waals surface area contributed by atoms with Crippen LogP contribution in [0.25, 0.3) is 0 Å². The Bertz CT molecular complexity index is 577. The molecule has 1 atom stereocenters. The second-order valence-corrected chi connectivity index (χ2v) is 5.42. The SMILES string of the molecule is CCOC(=O)C(Cc1ccc(Br)cc1)c1cc(C)no1. The predicted molar refractivity (Wildman–Crippen MR) is 78.5 cm³/mol. The van der Waals surface area contributed by atoms with E-state index in [9.17, 15) is 4.79 Å². The number of hydrogen-bond acceptors (Lipinski definition) is 4. The lowest BCUT2D eigenvalue weighted by atomic mass is 9.97. The maximum atomic E-state index is 12.1. The summed E-state index contributed by atoms with van der Waals surface area (Å²) in [5.41, 5.74) is 1.80. The molecule has 5 heteroatoms. The van der Waals surface area contributed by atoms with E-state index in [1.165, 1.54) is 0 Å². The van der Waals surface area contributed by atoms with Crippen LogP contribution in [-0.2, 0) is 16.0 Å². The number of halogens is 1. The van der Waals surface area contributed by atoms with Gasteiger partial charge in [-0.1, -0.05) is 33.2 Å². The Morgan fingerprint density at radius 2 is 2.10 bits per heavy atom. The first-order chi connectivity index (χ1) is 9.60. The van der Waals surface area contributed by atoms with Crippen molar-refractivity contribution in [1.29, 1.82) is 0 Å². The molecule has 1 heterocycles. The average molecular weight is 338 g/mol. The molecule has 2 rings (SSSR count). The molecule has 0 spiro atoms. The van der Waals surface area contributed by atoms with Gasteiger partial charge in [0.25, 0.3) is 0 Å². The predicted octanol–water partition coefficient (Wildman–Crippen LogP) is 3.63. The third-order valence-corrected chi connectivity index (χ3v) is 3.44. The number of rotatable bonds is 5. The molecule has 1 aromatic heterocycles. The molecule has 0 amide bonds. The largest absolute Gasteiger partial charge is 0.465 e. The zero-order valence-corrected chi connectivity index (χ0v) is 13.0. The summed E-state index contributed by atoms with van der Waals surface area (Å²) in [7, 11) is 0. The third kappa shape index (κ3) is 3.70. The second-order valence-electron chi connectivity index (χ2n) is 4.51. The minimum absolute atomic E-state index is 0.286. The summed E-state index contributed by atoms with van der Waals surface area (Å²) < 4.78 is 11.4. The Labute approximate surface area is 126 Å². The van der Waals surface area contributed by atoms with Crippen molar-refractivity contribution in [3.63, 3.8) is 0 Å². The van der Waals surface area contributed by atoms with Crippen LogP contribution in [0, 0.1) is 6.92 Å². The van der Waals surface area contributed by atoms with Gasteiger partial charge in [0, 0.05) is 10.5 Å². The monoisotopic (exact) mass is 337 g/mol. The van der Waals surface area contributed by atoms with Gasteiger partial charge in [-0.25, -0.2) is 0 Å². The highest BCUT2D eigenvalue weighted by molar-refractivity contribution is 9.10. The van der Waals surface area contributed by atoms with Gasteiger partial charge in [0.2, 0.25) is 0 Å². The van der Waals surface area contributed by atoms with Crippen molar-refractivity contribution in [2.45, 2.75) is 26.2 Å². The fraction of sp³-hybridized carbons (Fsp3) is 0.333. The van der Waals surface area contributed by atoms with Gasteiger partial charge < -0.3 is 9.26 Å². The minimum Gasteiger partial charge on any atom is -0.465 e. The van der Waals surface area contributed by atoms with E-state index in [0.717, 1.165) is 15.7 Å². The summed E-state index contributed by atoms with van der Waals surface area (Å²) in [6.45, 7) is 3.97. The Morgan fingerprint density at radius 3 is 2.65 bits per heavy atom. The number of esters is 1. The number of hydrogen-bond donors (Lipinski definition) is 0. The molecule has 0 aliphatic carbocycles. The molecule has 1 unspecified atom stereocenters. The van der Waals surface area contributed by atoms with E-state index in [4.69, 9.17) is 9.26 Å². The summed E-state index contributed by atoms with van der Waals surface area (Å²) in [5, 5.41) is 3.85. The Balaban J connectivity index is 2.22. The first-order valence-corrected chi connectivity index (χ1v) is 7.23. The molecule has 0 fully saturated rings. The standard InChI is InChI=1S/C15H16BrNO3/c1-3-19-15(18)13(14-8-10(2)17-20-14)9-11-4-6-12(16)7-5-11/h4-8,13H,3,9H2,1-2H3. The van der Waals surface area contributed by atoms with Crippen molar-refractivity contribution in [3.05, 3.63) is 51.8 Å². The molecule has 0 aliphatic rings. The maximum absolute atomic E-state index is 12.1. The third-order valence-electron chi connectivity index (χ3n) is 2.91.